The van der Waals surface area contributed by atoms with Gasteiger partial charge in [0.25, 0.3) is 0 Å². The molecule has 0 saturated heterocycles. The Morgan fingerprint density at radius 2 is 1.70 bits per heavy atom. The third-order valence-corrected chi connectivity index (χ3v) is 3.66. The molecule has 0 aliphatic carbocycles. The maximum Gasteiger partial charge on any atom is 0.154 e. The van der Waals surface area contributed by atoms with E-state index >= 15 is 0 Å². The number of nitrogens with zero attached hydrogens (tertiary/aromatic N) is 1. The molecule has 0 fully saturated rings. The zero-order valence-electron chi connectivity index (χ0n) is 12.9. The van der Waals surface area contributed by atoms with Gasteiger partial charge in [0.05, 0.1) is 6.07 Å². The second-order valence-electron chi connectivity index (χ2n) is 5.66. The van der Waals surface area contributed by atoms with E-state index in [1.54, 1.807) is 0 Å². The second kappa shape index (κ2) is 8.53. The maximum absolute atomic E-state index is 12.1. The highest BCUT2D eigenvalue weighted by Gasteiger charge is 2.19. The van der Waals surface area contributed by atoms with Crippen LogP contribution in [-0.4, -0.2) is 5.78 Å². The number of hydrogen-bond acceptors (Lipinski definition) is 2. The molecular weight excluding hydrogens is 246 g/mol. The van der Waals surface area contributed by atoms with Crippen molar-refractivity contribution in [3.63, 3.8) is 0 Å². The fraction of sp³-hybridized carbons (Fsp3) is 0.556. The number of Topliss-reactive ketones (excluding diaryl/α,β-unsaturated/α-hetero) is 1. The number of ketones is 1. The summed E-state index contributed by atoms with van der Waals surface area (Å²) in [6.45, 7) is 6.42. The number of nitriles is 1. The van der Waals surface area contributed by atoms with Crippen LogP contribution in [0.5, 0.6) is 0 Å². The maximum atomic E-state index is 12.1. The van der Waals surface area contributed by atoms with E-state index in [0.29, 0.717) is 12.3 Å². The lowest BCUT2D eigenvalue weighted by atomic mass is 9.91. The molecule has 1 atom stereocenters. The van der Waals surface area contributed by atoms with E-state index in [-0.39, 0.29) is 5.78 Å². The van der Waals surface area contributed by atoms with Crippen molar-refractivity contribution in [2.24, 2.45) is 0 Å². The van der Waals surface area contributed by atoms with Crippen molar-refractivity contribution in [3.8, 4) is 6.07 Å². The first kappa shape index (κ1) is 16.4. The highest BCUT2D eigenvalue weighted by atomic mass is 16.1. The Bertz CT molecular complexity index is 453. The Balaban J connectivity index is 2.65. The predicted molar refractivity (Wildman–Crippen MR) is 82.7 cm³/mol. The van der Waals surface area contributed by atoms with E-state index in [4.69, 9.17) is 0 Å². The molecule has 108 valence electrons. The van der Waals surface area contributed by atoms with E-state index in [1.165, 1.54) is 5.56 Å². The van der Waals surface area contributed by atoms with E-state index < -0.39 is 5.92 Å². The number of benzene rings is 1. The molecule has 0 radical (unpaired) electrons. The molecule has 0 aliphatic heterocycles. The van der Waals surface area contributed by atoms with Gasteiger partial charge in [-0.3, -0.25) is 4.79 Å². The van der Waals surface area contributed by atoms with Crippen LogP contribution < -0.4 is 0 Å². The summed E-state index contributed by atoms with van der Waals surface area (Å²) in [4.78, 5) is 12.1. The van der Waals surface area contributed by atoms with Crippen molar-refractivity contribution in [1.82, 2.24) is 0 Å². The number of carbonyl (C=O) groups is 1. The molecule has 2 nitrogen and oxygen atoms in total. The molecule has 0 aliphatic rings. The average Bonchev–Trinajstić information content (AvgIpc) is 2.45. The van der Waals surface area contributed by atoms with Crippen molar-refractivity contribution in [1.29, 1.82) is 5.26 Å². The fourth-order valence-electron chi connectivity index (χ4n) is 2.28. The Morgan fingerprint density at radius 1 is 1.10 bits per heavy atom. The quantitative estimate of drug-likeness (QED) is 0.627. The number of rotatable bonds is 8. The molecule has 0 N–H and O–H groups in total. The van der Waals surface area contributed by atoms with Gasteiger partial charge in [-0.2, -0.15) is 5.26 Å². The number of unbranched alkanes of at least 4 members (excludes halogenated alkanes) is 3. The van der Waals surface area contributed by atoms with E-state index in [0.717, 1.165) is 31.2 Å². The van der Waals surface area contributed by atoms with Gasteiger partial charge < -0.3 is 0 Å². The first-order valence-electron chi connectivity index (χ1n) is 7.62. The molecule has 0 bridgehead atoms. The molecule has 0 aromatic heterocycles. The van der Waals surface area contributed by atoms with Crippen LogP contribution in [0.1, 0.15) is 75.8 Å². The van der Waals surface area contributed by atoms with Crippen LogP contribution in [0.3, 0.4) is 0 Å². The highest BCUT2D eigenvalue weighted by Crippen LogP contribution is 2.22. The second-order valence-corrected chi connectivity index (χ2v) is 5.66. The van der Waals surface area contributed by atoms with E-state index in [9.17, 15) is 10.1 Å². The monoisotopic (exact) mass is 271 g/mol. The Kier molecular flexibility index (Phi) is 7.01. The van der Waals surface area contributed by atoms with Crippen molar-refractivity contribution in [3.05, 3.63) is 35.4 Å². The topological polar surface area (TPSA) is 40.9 Å². The van der Waals surface area contributed by atoms with Crippen molar-refractivity contribution < 1.29 is 4.79 Å². The normalized spacial score (nSPS) is 12.2. The SMILES string of the molecule is CCCCCCC(=O)C(C#N)c1ccc(C(C)C)cc1. The lowest BCUT2D eigenvalue weighted by Crippen LogP contribution is -2.10. The molecule has 1 aromatic carbocycles. The van der Waals surface area contributed by atoms with Gasteiger partial charge >= 0.3 is 0 Å². The van der Waals surface area contributed by atoms with Crippen LogP contribution in [0.15, 0.2) is 24.3 Å². The largest absolute Gasteiger partial charge is 0.298 e. The summed E-state index contributed by atoms with van der Waals surface area (Å²) in [5.74, 6) is -0.0759. The van der Waals surface area contributed by atoms with Gasteiger partial charge in [-0.05, 0) is 23.5 Å². The van der Waals surface area contributed by atoms with Crippen molar-refractivity contribution in [2.45, 2.75) is 64.7 Å². The molecule has 2 heteroatoms. The summed E-state index contributed by atoms with van der Waals surface area (Å²) < 4.78 is 0. The summed E-state index contributed by atoms with van der Waals surface area (Å²) in [5.41, 5.74) is 2.07. The van der Waals surface area contributed by atoms with Crippen LogP contribution in [0.4, 0.5) is 0 Å². The van der Waals surface area contributed by atoms with Crippen LogP contribution in [-0.2, 0) is 4.79 Å². The van der Waals surface area contributed by atoms with Crippen molar-refractivity contribution in [2.75, 3.05) is 0 Å². The average molecular weight is 271 g/mol. The molecule has 1 aromatic rings. The summed E-state index contributed by atoms with van der Waals surface area (Å²) >= 11 is 0. The zero-order valence-corrected chi connectivity index (χ0v) is 12.9. The van der Waals surface area contributed by atoms with Gasteiger partial charge in [0, 0.05) is 6.42 Å². The third kappa shape index (κ3) is 4.81. The minimum Gasteiger partial charge on any atom is -0.298 e. The molecule has 1 unspecified atom stereocenters. The highest BCUT2D eigenvalue weighted by molar-refractivity contribution is 5.88. The Morgan fingerprint density at radius 3 is 2.20 bits per heavy atom. The van der Waals surface area contributed by atoms with Crippen molar-refractivity contribution >= 4 is 5.78 Å². The fourth-order valence-corrected chi connectivity index (χ4v) is 2.28. The van der Waals surface area contributed by atoms with Crippen LogP contribution in [0, 0.1) is 11.3 Å². The van der Waals surface area contributed by atoms with E-state index in [1.807, 2.05) is 24.3 Å². The molecule has 1 rings (SSSR count). The summed E-state index contributed by atoms with van der Waals surface area (Å²) in [6.07, 6.45) is 4.81. The summed E-state index contributed by atoms with van der Waals surface area (Å²) in [5, 5.41) is 9.26. The Hall–Kier alpha value is -1.62. The molecular formula is C18H25NO. The van der Waals surface area contributed by atoms with Gasteiger partial charge in [0.15, 0.2) is 5.78 Å². The van der Waals surface area contributed by atoms with Crippen LogP contribution in [0.25, 0.3) is 0 Å². The zero-order chi connectivity index (χ0) is 15.0. The molecule has 0 heterocycles. The summed E-state index contributed by atoms with van der Waals surface area (Å²) in [6, 6.07) is 10.1. The van der Waals surface area contributed by atoms with Crippen LogP contribution in [0.2, 0.25) is 0 Å². The smallest absolute Gasteiger partial charge is 0.154 e. The summed E-state index contributed by atoms with van der Waals surface area (Å²) in [7, 11) is 0. The minimum atomic E-state index is -0.599. The van der Waals surface area contributed by atoms with Crippen LogP contribution >= 0.6 is 0 Å². The molecule has 0 amide bonds. The predicted octanol–water partition coefficient (Wildman–Crippen LogP) is 4.96. The lowest BCUT2D eigenvalue weighted by Gasteiger charge is -2.11. The van der Waals surface area contributed by atoms with E-state index in [2.05, 4.69) is 26.8 Å². The lowest BCUT2D eigenvalue weighted by molar-refractivity contribution is -0.119. The van der Waals surface area contributed by atoms with Gasteiger partial charge in [0.2, 0.25) is 0 Å². The first-order chi connectivity index (χ1) is 9.60. The number of hydrogen-bond donors (Lipinski definition) is 0. The van der Waals surface area contributed by atoms with Gasteiger partial charge in [-0.25, -0.2) is 0 Å². The molecule has 0 saturated carbocycles. The van der Waals surface area contributed by atoms with Gasteiger partial charge in [-0.15, -0.1) is 0 Å². The third-order valence-electron chi connectivity index (χ3n) is 3.66. The standard InChI is InChI=1S/C18H25NO/c1-4-5-6-7-8-18(20)17(13-19)16-11-9-15(10-12-16)14(2)3/h9-12,14,17H,4-8H2,1-3H3. The molecule has 20 heavy (non-hydrogen) atoms. The number of carbonyl (C=O) groups excluding carboxylic acids is 1. The Labute approximate surface area is 122 Å². The first-order valence-corrected chi connectivity index (χ1v) is 7.62. The van der Waals surface area contributed by atoms with Gasteiger partial charge in [-0.1, -0.05) is 64.3 Å². The molecule has 0 spiro atoms. The van der Waals surface area contributed by atoms with Gasteiger partial charge in [0.1, 0.15) is 5.92 Å². The minimum absolute atomic E-state index is 0.0564.